The van der Waals surface area contributed by atoms with Gasteiger partial charge in [-0.25, -0.2) is 4.98 Å². The molecule has 1 amide bonds. The Kier molecular flexibility index (Phi) is 7.98. The second-order valence-corrected chi connectivity index (χ2v) is 9.20. The predicted octanol–water partition coefficient (Wildman–Crippen LogP) is 4.59. The lowest BCUT2D eigenvalue weighted by Gasteiger charge is -2.31. The molecule has 0 unspecified atom stereocenters. The Bertz CT molecular complexity index is 1090. The lowest BCUT2D eigenvalue weighted by Crippen LogP contribution is -2.34. The van der Waals surface area contributed by atoms with E-state index in [4.69, 9.17) is 14.2 Å². The van der Waals surface area contributed by atoms with Gasteiger partial charge in [0.2, 0.25) is 5.91 Å². The number of hydrogen-bond donors (Lipinski definition) is 1. The quantitative estimate of drug-likeness (QED) is 0.438. The van der Waals surface area contributed by atoms with Crippen molar-refractivity contribution < 1.29 is 14.1 Å². The molecule has 3 aromatic rings. The molecule has 1 aliphatic heterocycles. The van der Waals surface area contributed by atoms with E-state index in [1.54, 1.807) is 0 Å². The van der Waals surface area contributed by atoms with Gasteiger partial charge in [0.05, 0.1) is 12.3 Å². The molecular weight excluding hydrogens is 430 g/mol. The molecule has 3 heterocycles. The van der Waals surface area contributed by atoms with Gasteiger partial charge in [0.15, 0.2) is 0 Å². The predicted molar refractivity (Wildman–Crippen MR) is 132 cm³/mol. The maximum atomic E-state index is 12.5. The van der Waals surface area contributed by atoms with Gasteiger partial charge in [-0.3, -0.25) is 4.79 Å². The minimum absolute atomic E-state index is 0.0333. The third kappa shape index (κ3) is 6.04. The van der Waals surface area contributed by atoms with Crippen molar-refractivity contribution >= 4 is 22.8 Å². The molecule has 0 saturated carbocycles. The van der Waals surface area contributed by atoms with Gasteiger partial charge in [0, 0.05) is 32.5 Å². The third-order valence-corrected chi connectivity index (χ3v) is 6.37. The van der Waals surface area contributed by atoms with Crippen molar-refractivity contribution in [3.63, 3.8) is 0 Å². The van der Waals surface area contributed by atoms with E-state index in [0.29, 0.717) is 30.9 Å². The first kappa shape index (κ1) is 24.0. The summed E-state index contributed by atoms with van der Waals surface area (Å²) in [6.07, 6.45) is 5.19. The second kappa shape index (κ2) is 11.3. The topological polar surface area (TPSA) is 93.4 Å². The highest BCUT2D eigenvalue weighted by Crippen LogP contribution is 2.30. The number of piperidine rings is 1. The number of rotatable bonds is 10. The molecule has 0 aliphatic carbocycles. The van der Waals surface area contributed by atoms with Crippen molar-refractivity contribution in [3.05, 3.63) is 41.3 Å². The maximum Gasteiger partial charge on any atom is 0.263 e. The minimum Gasteiger partial charge on any atom is -0.494 e. The molecule has 182 valence electrons. The molecule has 8 heteroatoms. The Morgan fingerprint density at radius 1 is 1.21 bits per heavy atom. The highest BCUT2D eigenvalue weighted by atomic mass is 16.5. The minimum atomic E-state index is -0.0333. The number of carbonyl (C=O) groups excluding carboxylic acids is 1. The molecule has 1 saturated heterocycles. The molecule has 0 radical (unpaired) electrons. The largest absolute Gasteiger partial charge is 0.494 e. The number of fused-ring (bicyclic) bond motifs is 1. The Morgan fingerprint density at radius 2 is 1.97 bits per heavy atom. The zero-order valence-corrected chi connectivity index (χ0v) is 20.5. The van der Waals surface area contributed by atoms with E-state index >= 15 is 0 Å². The van der Waals surface area contributed by atoms with Crippen LogP contribution in [0.15, 0.2) is 28.8 Å². The van der Waals surface area contributed by atoms with Crippen LogP contribution >= 0.6 is 0 Å². The van der Waals surface area contributed by atoms with E-state index in [1.165, 1.54) is 0 Å². The van der Waals surface area contributed by atoms with Gasteiger partial charge < -0.3 is 19.5 Å². The zero-order valence-electron chi connectivity index (χ0n) is 20.5. The van der Waals surface area contributed by atoms with E-state index in [9.17, 15) is 4.79 Å². The molecule has 8 nitrogen and oxygen atoms in total. The summed E-state index contributed by atoms with van der Waals surface area (Å²) in [5, 5.41) is 7.96. The van der Waals surface area contributed by atoms with Crippen LogP contribution in [0.25, 0.3) is 11.1 Å². The number of unbranched alkanes of at least 4 members (excludes halogenated alkanes) is 1. The van der Waals surface area contributed by atoms with E-state index < -0.39 is 0 Å². The Hall–Kier alpha value is -3.16. The number of aryl methyl sites for hydroxylation is 2. The molecule has 0 spiro atoms. The maximum absolute atomic E-state index is 12.5. The summed E-state index contributed by atoms with van der Waals surface area (Å²) >= 11 is 0. The molecule has 34 heavy (non-hydrogen) atoms. The first-order chi connectivity index (χ1) is 16.5. The summed E-state index contributed by atoms with van der Waals surface area (Å²) in [5.74, 6) is 3.05. The van der Waals surface area contributed by atoms with E-state index in [0.717, 1.165) is 79.5 Å². The van der Waals surface area contributed by atoms with Crippen LogP contribution in [-0.2, 0) is 17.8 Å². The lowest BCUT2D eigenvalue weighted by molar-refractivity contribution is -0.121. The van der Waals surface area contributed by atoms with Crippen molar-refractivity contribution in [1.29, 1.82) is 0 Å². The summed E-state index contributed by atoms with van der Waals surface area (Å²) in [4.78, 5) is 24.2. The number of benzene rings is 1. The van der Waals surface area contributed by atoms with Crippen LogP contribution in [0.1, 0.15) is 63.0 Å². The molecule has 1 aliphatic rings. The number of anilines is 1. The van der Waals surface area contributed by atoms with E-state index in [1.807, 2.05) is 31.2 Å². The van der Waals surface area contributed by atoms with Crippen LogP contribution in [0, 0.1) is 12.8 Å². The first-order valence-electron chi connectivity index (χ1n) is 12.4. The SMILES string of the molecule is CCCCOc1ccc(CNC(=O)CCc2nc(N3CCC(C)CC3)c3c(C)noc3n2)cc1. The molecule has 4 rings (SSSR count). The van der Waals surface area contributed by atoms with Gasteiger partial charge in [0.1, 0.15) is 22.8 Å². The first-order valence-corrected chi connectivity index (χ1v) is 12.4. The number of ether oxygens (including phenoxy) is 1. The van der Waals surface area contributed by atoms with Crippen LogP contribution in [0.3, 0.4) is 0 Å². The monoisotopic (exact) mass is 465 g/mol. The zero-order chi connectivity index (χ0) is 23.9. The van der Waals surface area contributed by atoms with Crippen molar-refractivity contribution in [3.8, 4) is 5.75 Å². The number of amides is 1. The molecule has 1 aromatic carbocycles. The van der Waals surface area contributed by atoms with Crippen LogP contribution in [-0.4, -0.2) is 40.7 Å². The lowest BCUT2D eigenvalue weighted by atomic mass is 9.99. The van der Waals surface area contributed by atoms with Gasteiger partial charge in [-0.1, -0.05) is 37.6 Å². The fourth-order valence-electron chi connectivity index (χ4n) is 4.13. The summed E-state index contributed by atoms with van der Waals surface area (Å²) < 4.78 is 11.1. The van der Waals surface area contributed by atoms with Gasteiger partial charge in [-0.05, 0) is 49.8 Å². The summed E-state index contributed by atoms with van der Waals surface area (Å²) in [5.41, 5.74) is 2.33. The van der Waals surface area contributed by atoms with Crippen molar-refractivity contribution in [2.45, 2.75) is 65.8 Å². The van der Waals surface area contributed by atoms with Gasteiger partial charge in [-0.2, -0.15) is 4.98 Å². The molecule has 1 fully saturated rings. The highest BCUT2D eigenvalue weighted by molar-refractivity contribution is 5.88. The molecular formula is C26H35N5O3. The Labute approximate surface area is 201 Å². The second-order valence-electron chi connectivity index (χ2n) is 9.20. The van der Waals surface area contributed by atoms with E-state index in [2.05, 4.69) is 34.2 Å². The molecule has 0 atom stereocenters. The fraction of sp³-hybridized carbons (Fsp3) is 0.538. The number of aromatic nitrogens is 3. The number of nitrogens with zero attached hydrogens (tertiary/aromatic N) is 4. The van der Waals surface area contributed by atoms with Crippen LogP contribution in [0.2, 0.25) is 0 Å². The third-order valence-electron chi connectivity index (χ3n) is 6.37. The number of nitrogens with one attached hydrogen (secondary N) is 1. The number of hydrogen-bond acceptors (Lipinski definition) is 7. The summed E-state index contributed by atoms with van der Waals surface area (Å²) in [7, 11) is 0. The Balaban J connectivity index is 1.33. The highest BCUT2D eigenvalue weighted by Gasteiger charge is 2.23. The van der Waals surface area contributed by atoms with Crippen molar-refractivity contribution in [1.82, 2.24) is 20.4 Å². The normalized spacial score (nSPS) is 14.5. The standard InChI is InChI=1S/C26H35N5O3/c1-4-5-16-33-21-8-6-20(7-9-21)17-27-23(32)11-10-22-28-25(31-14-12-18(2)13-15-31)24-19(3)30-34-26(24)29-22/h6-9,18H,4-5,10-17H2,1-3H3,(H,27,32). The number of carbonyl (C=O) groups is 1. The summed E-state index contributed by atoms with van der Waals surface area (Å²) in [6.45, 7) is 9.47. The van der Waals surface area contributed by atoms with Crippen LogP contribution in [0.4, 0.5) is 5.82 Å². The molecule has 2 aromatic heterocycles. The average Bonchev–Trinajstić information content (AvgIpc) is 3.23. The molecule has 0 bridgehead atoms. The smallest absolute Gasteiger partial charge is 0.263 e. The van der Waals surface area contributed by atoms with Crippen molar-refractivity contribution in [2.24, 2.45) is 5.92 Å². The van der Waals surface area contributed by atoms with Crippen LogP contribution < -0.4 is 15.0 Å². The molecule has 1 N–H and O–H groups in total. The van der Waals surface area contributed by atoms with Gasteiger partial charge in [0.25, 0.3) is 5.71 Å². The summed E-state index contributed by atoms with van der Waals surface area (Å²) in [6, 6.07) is 7.86. The average molecular weight is 466 g/mol. The Morgan fingerprint density at radius 3 is 2.71 bits per heavy atom. The van der Waals surface area contributed by atoms with Crippen LogP contribution in [0.5, 0.6) is 5.75 Å². The van der Waals surface area contributed by atoms with E-state index in [-0.39, 0.29) is 5.91 Å². The van der Waals surface area contributed by atoms with Gasteiger partial charge >= 0.3 is 0 Å². The fourth-order valence-corrected chi connectivity index (χ4v) is 4.13. The van der Waals surface area contributed by atoms with Crippen molar-refractivity contribution in [2.75, 3.05) is 24.6 Å². The van der Waals surface area contributed by atoms with Gasteiger partial charge in [-0.15, -0.1) is 0 Å².